The molecule has 0 saturated heterocycles. The summed E-state index contributed by atoms with van der Waals surface area (Å²) in [5.74, 6) is 0.617. The molecule has 0 unspecified atom stereocenters. The Bertz CT molecular complexity index is 807. The van der Waals surface area contributed by atoms with Gasteiger partial charge in [-0.25, -0.2) is 4.98 Å². The van der Waals surface area contributed by atoms with Crippen LogP contribution in [0.1, 0.15) is 11.1 Å². The minimum atomic E-state index is 0.00388. The first-order chi connectivity index (χ1) is 10.2. The molecule has 0 amide bonds. The summed E-state index contributed by atoms with van der Waals surface area (Å²) in [5.41, 5.74) is 9.31. The van der Waals surface area contributed by atoms with Crippen LogP contribution >= 0.6 is 0 Å². The first-order valence-electron chi connectivity index (χ1n) is 6.60. The molecule has 0 aliphatic carbocycles. The van der Waals surface area contributed by atoms with Crippen LogP contribution in [0.5, 0.6) is 5.75 Å². The standard InChI is InChI=1S/C16H16N4O/c1-21-15-7-6-11(8-12(15)16(17)18)9-20-10-19-13-4-2-3-5-14(13)20/h2-8,10H,9H2,1H3,(H3,17,18). The second-order valence-corrected chi connectivity index (χ2v) is 4.81. The van der Waals surface area contributed by atoms with Crippen molar-refractivity contribution in [2.45, 2.75) is 6.54 Å². The van der Waals surface area contributed by atoms with Crippen molar-refractivity contribution in [1.29, 1.82) is 5.41 Å². The molecule has 106 valence electrons. The molecule has 21 heavy (non-hydrogen) atoms. The molecule has 0 radical (unpaired) electrons. The van der Waals surface area contributed by atoms with Crippen LogP contribution in [0, 0.1) is 5.41 Å². The van der Waals surface area contributed by atoms with Gasteiger partial charge in [0.15, 0.2) is 0 Å². The van der Waals surface area contributed by atoms with Crippen molar-refractivity contribution < 1.29 is 4.74 Å². The van der Waals surface area contributed by atoms with Gasteiger partial charge in [-0.05, 0) is 29.8 Å². The molecule has 5 nitrogen and oxygen atoms in total. The van der Waals surface area contributed by atoms with E-state index in [9.17, 15) is 0 Å². The number of ether oxygens (including phenoxy) is 1. The predicted molar refractivity (Wildman–Crippen MR) is 82.8 cm³/mol. The van der Waals surface area contributed by atoms with Gasteiger partial charge in [-0.2, -0.15) is 0 Å². The highest BCUT2D eigenvalue weighted by Gasteiger charge is 2.08. The SMILES string of the molecule is COc1ccc(Cn2cnc3ccccc32)cc1C(=N)N. The predicted octanol–water partition coefficient (Wildman–Crippen LogP) is 2.38. The van der Waals surface area contributed by atoms with E-state index >= 15 is 0 Å². The Morgan fingerprint density at radius 1 is 1.29 bits per heavy atom. The van der Waals surface area contributed by atoms with Gasteiger partial charge < -0.3 is 15.0 Å². The van der Waals surface area contributed by atoms with E-state index in [0.717, 1.165) is 16.6 Å². The molecule has 0 aliphatic heterocycles. The van der Waals surface area contributed by atoms with Crippen LogP contribution in [0.3, 0.4) is 0 Å². The highest BCUT2D eigenvalue weighted by molar-refractivity contribution is 5.97. The molecule has 3 N–H and O–H groups in total. The van der Waals surface area contributed by atoms with Crippen molar-refractivity contribution in [3.63, 3.8) is 0 Å². The zero-order valence-electron chi connectivity index (χ0n) is 11.7. The van der Waals surface area contributed by atoms with Crippen LogP contribution in [0.2, 0.25) is 0 Å². The van der Waals surface area contributed by atoms with Crippen molar-refractivity contribution in [2.75, 3.05) is 7.11 Å². The summed E-state index contributed by atoms with van der Waals surface area (Å²) in [4.78, 5) is 4.38. The third kappa shape index (κ3) is 2.45. The minimum absolute atomic E-state index is 0.00388. The smallest absolute Gasteiger partial charge is 0.129 e. The fourth-order valence-corrected chi connectivity index (χ4v) is 2.40. The number of nitrogens with zero attached hydrogens (tertiary/aromatic N) is 2. The highest BCUT2D eigenvalue weighted by Crippen LogP contribution is 2.21. The summed E-state index contributed by atoms with van der Waals surface area (Å²) in [6, 6.07) is 13.7. The van der Waals surface area contributed by atoms with Gasteiger partial charge in [0.05, 0.1) is 30.0 Å². The second kappa shape index (κ2) is 5.28. The topological polar surface area (TPSA) is 76.9 Å². The van der Waals surface area contributed by atoms with Gasteiger partial charge in [0.2, 0.25) is 0 Å². The summed E-state index contributed by atoms with van der Waals surface area (Å²) >= 11 is 0. The lowest BCUT2D eigenvalue weighted by atomic mass is 10.1. The Labute approximate surface area is 122 Å². The van der Waals surface area contributed by atoms with Crippen LogP contribution in [0.15, 0.2) is 48.8 Å². The van der Waals surface area contributed by atoms with E-state index in [-0.39, 0.29) is 5.84 Å². The Morgan fingerprint density at radius 3 is 2.86 bits per heavy atom. The number of aromatic nitrogens is 2. The molecule has 3 aromatic rings. The van der Waals surface area contributed by atoms with E-state index in [4.69, 9.17) is 15.9 Å². The molecule has 5 heteroatoms. The number of nitrogens with one attached hydrogen (secondary N) is 1. The number of nitrogens with two attached hydrogens (primary N) is 1. The first kappa shape index (κ1) is 13.2. The molecular formula is C16H16N4O. The minimum Gasteiger partial charge on any atom is -0.496 e. The largest absolute Gasteiger partial charge is 0.496 e. The molecule has 0 bridgehead atoms. The van der Waals surface area contributed by atoms with Gasteiger partial charge >= 0.3 is 0 Å². The van der Waals surface area contributed by atoms with Gasteiger partial charge in [0.1, 0.15) is 11.6 Å². The Hall–Kier alpha value is -2.82. The van der Waals surface area contributed by atoms with Gasteiger partial charge in [-0.1, -0.05) is 18.2 Å². The molecule has 2 aromatic carbocycles. The zero-order valence-corrected chi connectivity index (χ0v) is 11.7. The molecule has 0 spiro atoms. The Balaban J connectivity index is 1.98. The van der Waals surface area contributed by atoms with Crippen molar-refractivity contribution in [2.24, 2.45) is 5.73 Å². The molecule has 1 aromatic heterocycles. The van der Waals surface area contributed by atoms with E-state index in [2.05, 4.69) is 9.55 Å². The average molecular weight is 280 g/mol. The average Bonchev–Trinajstić information content (AvgIpc) is 2.90. The van der Waals surface area contributed by atoms with Crippen molar-refractivity contribution in [1.82, 2.24) is 9.55 Å². The first-order valence-corrected chi connectivity index (χ1v) is 6.60. The van der Waals surface area contributed by atoms with Crippen LogP contribution in [0.25, 0.3) is 11.0 Å². The maximum atomic E-state index is 7.64. The molecule has 1 heterocycles. The fourth-order valence-electron chi connectivity index (χ4n) is 2.40. The van der Waals surface area contributed by atoms with E-state index in [1.54, 1.807) is 7.11 Å². The maximum Gasteiger partial charge on any atom is 0.129 e. The molecule has 0 fully saturated rings. The monoisotopic (exact) mass is 280 g/mol. The van der Waals surface area contributed by atoms with Crippen LogP contribution in [0.4, 0.5) is 0 Å². The van der Waals surface area contributed by atoms with Gasteiger partial charge in [0.25, 0.3) is 0 Å². The highest BCUT2D eigenvalue weighted by atomic mass is 16.5. The molecule has 3 rings (SSSR count). The summed E-state index contributed by atoms with van der Waals surface area (Å²) in [6.07, 6.45) is 1.82. The molecule has 0 saturated carbocycles. The van der Waals surface area contributed by atoms with E-state index in [1.165, 1.54) is 0 Å². The lowest BCUT2D eigenvalue weighted by Crippen LogP contribution is -2.13. The van der Waals surface area contributed by atoms with Crippen molar-refractivity contribution in [3.8, 4) is 5.75 Å². The molecular weight excluding hydrogens is 264 g/mol. The Morgan fingerprint density at radius 2 is 2.10 bits per heavy atom. The van der Waals surface area contributed by atoms with Gasteiger partial charge in [-0.15, -0.1) is 0 Å². The quantitative estimate of drug-likeness (QED) is 0.569. The van der Waals surface area contributed by atoms with Crippen molar-refractivity contribution in [3.05, 3.63) is 59.9 Å². The number of hydrogen-bond acceptors (Lipinski definition) is 3. The van der Waals surface area contributed by atoms with Crippen molar-refractivity contribution >= 4 is 16.9 Å². The zero-order chi connectivity index (χ0) is 14.8. The number of benzene rings is 2. The number of methoxy groups -OCH3 is 1. The summed E-state index contributed by atoms with van der Waals surface area (Å²) < 4.78 is 7.30. The van der Waals surface area contributed by atoms with E-state index < -0.39 is 0 Å². The summed E-state index contributed by atoms with van der Waals surface area (Å²) in [5, 5.41) is 7.64. The normalized spacial score (nSPS) is 10.7. The van der Waals surface area contributed by atoms with Gasteiger partial charge in [0, 0.05) is 6.54 Å². The summed E-state index contributed by atoms with van der Waals surface area (Å²) in [7, 11) is 1.57. The van der Waals surface area contributed by atoms with E-state index in [1.807, 2.05) is 48.8 Å². The number of para-hydroxylation sites is 2. The number of hydrogen-bond donors (Lipinski definition) is 2. The number of nitrogen functional groups attached to an aromatic ring is 1. The summed E-state index contributed by atoms with van der Waals surface area (Å²) in [6.45, 7) is 0.671. The number of amidine groups is 1. The Kier molecular flexibility index (Phi) is 3.31. The fraction of sp³-hybridized carbons (Fsp3) is 0.125. The number of rotatable bonds is 4. The number of fused-ring (bicyclic) bond motifs is 1. The lowest BCUT2D eigenvalue weighted by molar-refractivity contribution is 0.413. The lowest BCUT2D eigenvalue weighted by Gasteiger charge is -2.10. The van der Waals surface area contributed by atoms with Gasteiger partial charge in [-0.3, -0.25) is 5.41 Å². The third-order valence-corrected chi connectivity index (χ3v) is 3.43. The second-order valence-electron chi connectivity index (χ2n) is 4.81. The third-order valence-electron chi connectivity index (χ3n) is 3.43. The molecule has 0 atom stereocenters. The van der Waals surface area contributed by atoms with Crippen LogP contribution < -0.4 is 10.5 Å². The number of imidazole rings is 1. The molecule has 0 aliphatic rings. The van der Waals surface area contributed by atoms with Crippen LogP contribution in [-0.2, 0) is 6.54 Å². The van der Waals surface area contributed by atoms with E-state index in [0.29, 0.717) is 17.9 Å². The maximum absolute atomic E-state index is 7.64. The van der Waals surface area contributed by atoms with Crippen LogP contribution in [-0.4, -0.2) is 22.5 Å².